The molecule has 5 heteroatoms. The molecule has 106 valence electrons. The fourth-order valence-corrected chi connectivity index (χ4v) is 2.49. The average Bonchev–Trinajstić information content (AvgIpc) is 2.45. The van der Waals surface area contributed by atoms with Gasteiger partial charge in [-0.05, 0) is 46.6 Å². The fourth-order valence-electron chi connectivity index (χ4n) is 2.04. The Kier molecular flexibility index (Phi) is 4.49. The molecule has 1 aromatic carbocycles. The summed E-state index contributed by atoms with van der Waals surface area (Å²) in [7, 11) is 5.23. The van der Waals surface area contributed by atoms with E-state index in [1.54, 1.807) is 20.4 Å². The molecule has 4 nitrogen and oxygen atoms in total. The lowest BCUT2D eigenvalue weighted by Crippen LogP contribution is -2.12. The highest BCUT2D eigenvalue weighted by atomic mass is 79.9. The molecule has 0 aliphatic carbocycles. The number of halogens is 1. The van der Waals surface area contributed by atoms with E-state index in [1.807, 2.05) is 43.1 Å². The van der Waals surface area contributed by atoms with Gasteiger partial charge in [0.15, 0.2) is 11.5 Å². The number of anilines is 2. The first-order valence-corrected chi connectivity index (χ1v) is 6.94. The molecule has 0 saturated heterocycles. The van der Waals surface area contributed by atoms with Gasteiger partial charge in [0.1, 0.15) is 5.82 Å². The van der Waals surface area contributed by atoms with Gasteiger partial charge >= 0.3 is 0 Å². The molecule has 0 unspecified atom stereocenters. The summed E-state index contributed by atoms with van der Waals surface area (Å²) in [5, 5.41) is 0. The first kappa shape index (κ1) is 14.7. The molecule has 0 aliphatic rings. The van der Waals surface area contributed by atoms with Gasteiger partial charge in [0.05, 0.1) is 14.2 Å². The van der Waals surface area contributed by atoms with Crippen LogP contribution >= 0.6 is 15.9 Å². The third kappa shape index (κ3) is 2.88. The molecule has 0 spiro atoms. The van der Waals surface area contributed by atoms with Crippen LogP contribution in [-0.2, 0) is 0 Å². The van der Waals surface area contributed by atoms with E-state index in [0.717, 1.165) is 21.5 Å². The molecule has 0 radical (unpaired) electrons. The zero-order chi connectivity index (χ0) is 14.7. The summed E-state index contributed by atoms with van der Waals surface area (Å²) in [5.41, 5.74) is 2.08. The molecular formula is C15H17BrN2O2. The predicted octanol–water partition coefficient (Wildman–Crippen LogP) is 3.94. The maximum absolute atomic E-state index is 5.33. The summed E-state index contributed by atoms with van der Waals surface area (Å²) in [4.78, 5) is 6.48. The molecule has 1 heterocycles. The van der Waals surface area contributed by atoms with Crippen molar-refractivity contribution in [3.8, 4) is 11.5 Å². The molecule has 2 rings (SSSR count). The van der Waals surface area contributed by atoms with Crippen LogP contribution in [0.25, 0.3) is 0 Å². The lowest BCUT2D eigenvalue weighted by molar-refractivity contribution is 0.355. The van der Waals surface area contributed by atoms with Gasteiger partial charge in [0, 0.05) is 29.5 Å². The van der Waals surface area contributed by atoms with Crippen LogP contribution in [0.2, 0.25) is 0 Å². The number of hydrogen-bond donors (Lipinski definition) is 0. The highest BCUT2D eigenvalue weighted by Gasteiger charge is 2.12. The number of rotatable bonds is 4. The second-order valence-electron chi connectivity index (χ2n) is 4.39. The van der Waals surface area contributed by atoms with Gasteiger partial charge in [0.2, 0.25) is 0 Å². The number of benzene rings is 1. The third-order valence-electron chi connectivity index (χ3n) is 3.09. The Hall–Kier alpha value is -1.75. The van der Waals surface area contributed by atoms with Crippen molar-refractivity contribution in [3.05, 3.63) is 40.5 Å². The van der Waals surface area contributed by atoms with Crippen LogP contribution in [0.5, 0.6) is 11.5 Å². The molecule has 1 aromatic heterocycles. The summed E-state index contributed by atoms with van der Waals surface area (Å²) in [5.74, 6) is 2.32. The van der Waals surface area contributed by atoms with E-state index < -0.39 is 0 Å². The number of aryl methyl sites for hydroxylation is 1. The minimum absolute atomic E-state index is 0.701. The first-order valence-electron chi connectivity index (χ1n) is 6.14. The lowest BCUT2D eigenvalue weighted by Gasteiger charge is -2.21. The summed E-state index contributed by atoms with van der Waals surface area (Å²) in [6, 6.07) is 7.84. The topological polar surface area (TPSA) is 34.6 Å². The normalized spacial score (nSPS) is 10.2. The van der Waals surface area contributed by atoms with Crippen LogP contribution in [0, 0.1) is 6.92 Å². The predicted molar refractivity (Wildman–Crippen MR) is 84.3 cm³/mol. The number of nitrogens with zero attached hydrogens (tertiary/aromatic N) is 2. The molecule has 0 atom stereocenters. The Bertz CT molecular complexity index is 617. The monoisotopic (exact) mass is 336 g/mol. The van der Waals surface area contributed by atoms with Crippen molar-refractivity contribution in [2.24, 2.45) is 0 Å². The molecule has 20 heavy (non-hydrogen) atoms. The molecule has 0 N–H and O–H groups in total. The van der Waals surface area contributed by atoms with Crippen molar-refractivity contribution in [2.45, 2.75) is 6.92 Å². The van der Waals surface area contributed by atoms with E-state index >= 15 is 0 Å². The fraction of sp³-hybridized carbons (Fsp3) is 0.267. The van der Waals surface area contributed by atoms with Gasteiger partial charge < -0.3 is 14.4 Å². The maximum atomic E-state index is 5.33. The summed E-state index contributed by atoms with van der Waals surface area (Å²) in [6.07, 6.45) is 1.79. The Morgan fingerprint density at radius 3 is 2.40 bits per heavy atom. The molecule has 0 fully saturated rings. The summed E-state index contributed by atoms with van der Waals surface area (Å²) < 4.78 is 11.6. The van der Waals surface area contributed by atoms with Crippen LogP contribution in [-0.4, -0.2) is 26.3 Å². The molecule has 0 aliphatic heterocycles. The van der Waals surface area contributed by atoms with Crippen LogP contribution in [0.3, 0.4) is 0 Å². The molecule has 0 saturated carbocycles. The summed E-state index contributed by atoms with van der Waals surface area (Å²) >= 11 is 3.43. The van der Waals surface area contributed by atoms with Crippen molar-refractivity contribution >= 4 is 27.4 Å². The number of pyridine rings is 1. The van der Waals surface area contributed by atoms with Gasteiger partial charge in [-0.1, -0.05) is 0 Å². The van der Waals surface area contributed by atoms with Crippen molar-refractivity contribution in [2.75, 3.05) is 26.2 Å². The van der Waals surface area contributed by atoms with Gasteiger partial charge in [-0.15, -0.1) is 0 Å². The Morgan fingerprint density at radius 2 is 1.80 bits per heavy atom. The van der Waals surface area contributed by atoms with E-state index in [-0.39, 0.29) is 0 Å². The van der Waals surface area contributed by atoms with Crippen molar-refractivity contribution in [3.63, 3.8) is 0 Å². The van der Waals surface area contributed by atoms with E-state index in [9.17, 15) is 0 Å². The lowest BCUT2D eigenvalue weighted by atomic mass is 10.2. The number of ether oxygens (including phenoxy) is 2. The van der Waals surface area contributed by atoms with E-state index in [1.165, 1.54) is 0 Å². The van der Waals surface area contributed by atoms with E-state index in [4.69, 9.17) is 9.47 Å². The minimum Gasteiger partial charge on any atom is -0.493 e. The highest BCUT2D eigenvalue weighted by Crippen LogP contribution is 2.34. The Balaban J connectivity index is 2.40. The second kappa shape index (κ2) is 6.13. The quantitative estimate of drug-likeness (QED) is 0.846. The van der Waals surface area contributed by atoms with Crippen molar-refractivity contribution < 1.29 is 9.47 Å². The van der Waals surface area contributed by atoms with Gasteiger partial charge in [0.25, 0.3) is 0 Å². The smallest absolute Gasteiger partial charge is 0.162 e. The van der Waals surface area contributed by atoms with Crippen molar-refractivity contribution in [1.82, 2.24) is 4.98 Å². The number of hydrogen-bond acceptors (Lipinski definition) is 4. The van der Waals surface area contributed by atoms with Crippen LogP contribution in [0.1, 0.15) is 5.56 Å². The number of aromatic nitrogens is 1. The zero-order valence-corrected chi connectivity index (χ0v) is 13.6. The van der Waals surface area contributed by atoms with Crippen LogP contribution < -0.4 is 14.4 Å². The van der Waals surface area contributed by atoms with Gasteiger partial charge in [-0.25, -0.2) is 4.98 Å². The first-order chi connectivity index (χ1) is 9.56. The summed E-state index contributed by atoms with van der Waals surface area (Å²) in [6.45, 7) is 2.03. The minimum atomic E-state index is 0.701. The van der Waals surface area contributed by atoms with Gasteiger partial charge in [-0.2, -0.15) is 0 Å². The van der Waals surface area contributed by atoms with Crippen molar-refractivity contribution in [1.29, 1.82) is 0 Å². The third-order valence-corrected chi connectivity index (χ3v) is 3.52. The zero-order valence-electron chi connectivity index (χ0n) is 12.0. The maximum Gasteiger partial charge on any atom is 0.162 e. The molecule has 0 amide bonds. The van der Waals surface area contributed by atoms with Crippen LogP contribution in [0.15, 0.2) is 34.9 Å². The molecule has 2 aromatic rings. The molecule has 0 bridgehead atoms. The average molecular weight is 337 g/mol. The van der Waals surface area contributed by atoms with Gasteiger partial charge in [-0.3, -0.25) is 0 Å². The number of methoxy groups -OCH3 is 2. The Labute approximate surface area is 127 Å². The highest BCUT2D eigenvalue weighted by molar-refractivity contribution is 9.10. The van der Waals surface area contributed by atoms with E-state index in [2.05, 4.69) is 20.9 Å². The van der Waals surface area contributed by atoms with Crippen LogP contribution in [0.4, 0.5) is 11.5 Å². The standard InChI is InChI=1S/C15H17BrN2O2/c1-10-7-11(16)9-17-15(10)18(2)12-5-6-13(19-3)14(8-12)20-4/h5-9H,1-4H3. The Morgan fingerprint density at radius 1 is 1.10 bits per heavy atom. The largest absolute Gasteiger partial charge is 0.493 e. The second-order valence-corrected chi connectivity index (χ2v) is 5.31. The molecular weight excluding hydrogens is 320 g/mol. The van der Waals surface area contributed by atoms with E-state index in [0.29, 0.717) is 11.5 Å². The SMILES string of the molecule is COc1ccc(N(C)c2ncc(Br)cc2C)cc1OC.